The van der Waals surface area contributed by atoms with Crippen LogP contribution in [0.5, 0.6) is 5.75 Å². The number of sulfonamides is 1. The molecule has 1 aromatic carbocycles. The van der Waals surface area contributed by atoms with Crippen LogP contribution < -0.4 is 14.8 Å². The number of nitrogens with zero attached hydrogens (tertiary/aromatic N) is 2. The fourth-order valence-corrected chi connectivity index (χ4v) is 4.52. The van der Waals surface area contributed by atoms with Crippen molar-refractivity contribution < 1.29 is 40.6 Å². The molecule has 0 saturated carbocycles. The Morgan fingerprint density at radius 1 is 1.42 bits per heavy atom. The molecule has 2 heterocycles. The molecule has 0 bridgehead atoms. The van der Waals surface area contributed by atoms with E-state index in [-0.39, 0.29) is 11.3 Å². The zero-order valence-corrected chi connectivity index (χ0v) is 17.4. The predicted octanol–water partition coefficient (Wildman–Crippen LogP) is 1.25. The second kappa shape index (κ2) is 8.08. The van der Waals surface area contributed by atoms with Gasteiger partial charge in [0, 0.05) is 18.9 Å². The van der Waals surface area contributed by atoms with Crippen LogP contribution in [0.15, 0.2) is 29.3 Å². The highest BCUT2D eigenvalue weighted by Crippen LogP contribution is 2.38. The highest BCUT2D eigenvalue weighted by molar-refractivity contribution is 7.89. The zero-order chi connectivity index (χ0) is 24.8. The highest BCUT2D eigenvalue weighted by Gasteiger charge is 2.60. The Balaban J connectivity index is 2.01. The van der Waals surface area contributed by atoms with Crippen LogP contribution in [0.2, 0.25) is 0 Å². The van der Waals surface area contributed by atoms with E-state index >= 15 is 0 Å². The molecule has 0 spiro atoms. The fourth-order valence-electron chi connectivity index (χ4n) is 3.09. The molecule has 2 aromatic rings. The lowest BCUT2D eigenvalue weighted by molar-refractivity contribution is -0.245. The Hall–Kier alpha value is -3.59. The van der Waals surface area contributed by atoms with E-state index in [0.29, 0.717) is 0 Å². The number of nitriles is 1. The number of ether oxygens (including phenoxy) is 1. The molecular formula is C19H14F4N4O5S. The summed E-state index contributed by atoms with van der Waals surface area (Å²) in [6.45, 7) is -1.06. The number of hydrogen-bond acceptors (Lipinski definition) is 6. The van der Waals surface area contributed by atoms with Crippen molar-refractivity contribution in [3.05, 3.63) is 41.5 Å². The number of hydrogen-bond donors (Lipinski definition) is 3. The number of amides is 1. The lowest BCUT2D eigenvalue weighted by Crippen LogP contribution is -2.61. The first-order chi connectivity index (χ1) is 15.2. The van der Waals surface area contributed by atoms with Crippen molar-refractivity contribution >= 4 is 21.6 Å². The quantitative estimate of drug-likeness (QED) is 0.442. The molecule has 9 nitrogen and oxygen atoms in total. The van der Waals surface area contributed by atoms with Gasteiger partial charge in [0.05, 0.1) is 5.56 Å². The SMILES string of the molecule is C#CC(O)([C@H]1COc2c(cn(C)c2C(=O)Nc2ccc(F)c(C#N)c2)S(=O)(=O)N1)C(F)(F)F. The number of carbonyl (C=O) groups is 1. The number of aromatic nitrogens is 1. The van der Waals surface area contributed by atoms with E-state index in [1.165, 1.54) is 7.05 Å². The summed E-state index contributed by atoms with van der Waals surface area (Å²) in [7, 11) is -3.45. The molecule has 0 fully saturated rings. The number of carbonyl (C=O) groups excluding carboxylic acids is 1. The molecule has 3 rings (SSSR count). The molecule has 0 saturated heterocycles. The maximum Gasteiger partial charge on any atom is 0.430 e. The second-order valence-electron chi connectivity index (χ2n) is 6.94. The minimum Gasteiger partial charge on any atom is -0.488 e. The lowest BCUT2D eigenvalue weighted by Gasteiger charge is -2.32. The Bertz CT molecular complexity index is 1320. The van der Waals surface area contributed by atoms with E-state index < -0.39 is 62.5 Å². The summed E-state index contributed by atoms with van der Waals surface area (Å²) in [4.78, 5) is 12.1. The molecule has 0 radical (unpaired) electrons. The van der Waals surface area contributed by atoms with Crippen molar-refractivity contribution in [3.8, 4) is 24.2 Å². The van der Waals surface area contributed by atoms with Gasteiger partial charge in [0.25, 0.3) is 5.91 Å². The van der Waals surface area contributed by atoms with E-state index in [9.17, 15) is 35.9 Å². The van der Waals surface area contributed by atoms with Crippen molar-refractivity contribution in [1.29, 1.82) is 5.26 Å². The summed E-state index contributed by atoms with van der Waals surface area (Å²) in [5.74, 6) is -1.24. The van der Waals surface area contributed by atoms with Crippen LogP contribution in [0.3, 0.4) is 0 Å². The molecule has 2 atom stereocenters. The predicted molar refractivity (Wildman–Crippen MR) is 104 cm³/mol. The van der Waals surface area contributed by atoms with Crippen LogP contribution in [0.4, 0.5) is 23.2 Å². The first-order valence-corrected chi connectivity index (χ1v) is 10.4. The smallest absolute Gasteiger partial charge is 0.430 e. The van der Waals surface area contributed by atoms with E-state index in [4.69, 9.17) is 16.4 Å². The standard InChI is InChI=1S/C19H14F4N4O5S/c1-3-18(29,19(21,22)23)14-9-32-16-13(33(30,31)26-14)8-27(2)15(16)17(28)25-11-4-5-12(20)10(6-11)7-24/h1,4-6,8,14,26,29H,9H2,2H3,(H,25,28)/t14-,18?/m1/s1. The largest absolute Gasteiger partial charge is 0.488 e. The van der Waals surface area contributed by atoms with Crippen LogP contribution >= 0.6 is 0 Å². The molecule has 0 aliphatic carbocycles. The van der Waals surface area contributed by atoms with E-state index in [1.807, 2.05) is 0 Å². The van der Waals surface area contributed by atoms with Crippen LogP contribution in [0, 0.1) is 29.5 Å². The Kier molecular flexibility index (Phi) is 5.89. The molecule has 1 unspecified atom stereocenters. The topological polar surface area (TPSA) is 133 Å². The normalized spacial score (nSPS) is 19.1. The Labute approximate surface area is 184 Å². The van der Waals surface area contributed by atoms with Gasteiger partial charge >= 0.3 is 6.18 Å². The lowest BCUT2D eigenvalue weighted by atomic mass is 9.95. The summed E-state index contributed by atoms with van der Waals surface area (Å²) < 4.78 is 86.8. The van der Waals surface area contributed by atoms with Crippen molar-refractivity contribution in [2.24, 2.45) is 7.05 Å². The summed E-state index contributed by atoms with van der Waals surface area (Å²) in [5.41, 5.74) is -4.69. The van der Waals surface area contributed by atoms with Gasteiger partial charge in [-0.15, -0.1) is 6.42 Å². The van der Waals surface area contributed by atoms with Crippen LogP contribution in [0.1, 0.15) is 16.1 Å². The molecule has 174 valence electrons. The zero-order valence-electron chi connectivity index (χ0n) is 16.6. The summed E-state index contributed by atoms with van der Waals surface area (Å²) in [6.07, 6.45) is 0.353. The van der Waals surface area contributed by atoms with Crippen molar-refractivity contribution in [2.45, 2.75) is 22.7 Å². The number of fused-ring (bicyclic) bond motifs is 1. The first kappa shape index (κ1) is 24.1. The third-order valence-corrected chi connectivity index (χ3v) is 6.26. The maximum absolute atomic E-state index is 13.5. The van der Waals surface area contributed by atoms with Crippen LogP contribution in [-0.4, -0.2) is 48.4 Å². The fraction of sp³-hybridized carbons (Fsp3) is 0.263. The number of halogens is 4. The monoisotopic (exact) mass is 486 g/mol. The first-order valence-electron chi connectivity index (χ1n) is 8.87. The van der Waals surface area contributed by atoms with Gasteiger partial charge in [-0.05, 0) is 18.2 Å². The Morgan fingerprint density at radius 2 is 2.09 bits per heavy atom. The van der Waals surface area contributed by atoms with Crippen molar-refractivity contribution in [1.82, 2.24) is 9.29 Å². The van der Waals surface area contributed by atoms with Gasteiger partial charge in [-0.3, -0.25) is 4.79 Å². The minimum atomic E-state index is -5.40. The van der Waals surface area contributed by atoms with Crippen molar-refractivity contribution in [3.63, 3.8) is 0 Å². The third kappa shape index (κ3) is 4.11. The maximum atomic E-state index is 13.5. The van der Waals surface area contributed by atoms with Gasteiger partial charge in [0.15, 0.2) is 11.4 Å². The highest BCUT2D eigenvalue weighted by atomic mass is 32.2. The number of nitrogens with one attached hydrogen (secondary N) is 2. The van der Waals surface area contributed by atoms with Gasteiger partial charge in [-0.25, -0.2) is 17.5 Å². The molecule has 1 aliphatic rings. The van der Waals surface area contributed by atoms with Crippen LogP contribution in [0.25, 0.3) is 0 Å². The second-order valence-corrected chi connectivity index (χ2v) is 8.62. The van der Waals surface area contributed by atoms with Gasteiger partial charge in [0.2, 0.25) is 15.6 Å². The van der Waals surface area contributed by atoms with Gasteiger partial charge in [-0.2, -0.15) is 18.4 Å². The van der Waals surface area contributed by atoms with Crippen LogP contribution in [-0.2, 0) is 17.1 Å². The average molecular weight is 486 g/mol. The third-order valence-electron chi connectivity index (χ3n) is 4.80. The van der Waals surface area contributed by atoms with Gasteiger partial charge < -0.3 is 19.7 Å². The number of terminal acetylenes is 1. The molecule has 1 aromatic heterocycles. The molecule has 14 heteroatoms. The number of anilines is 1. The van der Waals surface area contributed by atoms with Gasteiger partial charge in [0.1, 0.15) is 29.4 Å². The van der Waals surface area contributed by atoms with E-state index in [0.717, 1.165) is 34.9 Å². The summed E-state index contributed by atoms with van der Waals surface area (Å²) in [5, 5.41) is 21.2. The summed E-state index contributed by atoms with van der Waals surface area (Å²) >= 11 is 0. The molecule has 1 amide bonds. The van der Waals surface area contributed by atoms with Crippen molar-refractivity contribution in [2.75, 3.05) is 11.9 Å². The van der Waals surface area contributed by atoms with Gasteiger partial charge in [-0.1, -0.05) is 5.92 Å². The molecular weight excluding hydrogens is 472 g/mol. The average Bonchev–Trinajstić information content (AvgIpc) is 3.01. The molecule has 1 aliphatic heterocycles. The molecule has 3 N–H and O–H groups in total. The number of aliphatic hydroxyl groups is 1. The number of aryl methyl sites for hydroxylation is 1. The molecule has 33 heavy (non-hydrogen) atoms. The van der Waals surface area contributed by atoms with E-state index in [1.54, 1.807) is 10.8 Å². The number of rotatable bonds is 3. The Morgan fingerprint density at radius 3 is 2.67 bits per heavy atom. The number of alkyl halides is 3. The van der Waals surface area contributed by atoms with E-state index in [2.05, 4.69) is 5.32 Å². The minimum absolute atomic E-state index is 0.0147. The summed E-state index contributed by atoms with van der Waals surface area (Å²) in [6, 6.07) is 2.35. The number of benzene rings is 1.